The molecule has 0 aromatic rings. The Morgan fingerprint density at radius 2 is 2.31 bits per heavy atom. The van der Waals surface area contributed by atoms with Crippen molar-refractivity contribution >= 4 is 11.9 Å². The summed E-state index contributed by atoms with van der Waals surface area (Å²) in [6.45, 7) is 2.73. The van der Waals surface area contributed by atoms with Gasteiger partial charge in [0, 0.05) is 12.6 Å². The molecule has 6 nitrogen and oxygen atoms in total. The molecule has 1 saturated heterocycles. The molecule has 0 aromatic carbocycles. The lowest BCUT2D eigenvalue weighted by Crippen LogP contribution is -2.50. The molecule has 0 radical (unpaired) electrons. The van der Waals surface area contributed by atoms with Gasteiger partial charge in [0.25, 0.3) is 0 Å². The zero-order valence-electron chi connectivity index (χ0n) is 9.62. The molecule has 1 amide bonds. The number of carbonyl (C=O) groups excluding carboxylic acids is 2. The van der Waals surface area contributed by atoms with Gasteiger partial charge < -0.3 is 20.5 Å². The summed E-state index contributed by atoms with van der Waals surface area (Å²) in [6.07, 6.45) is 0.161. The SMILES string of the molecule is COC(=O)CCNC(=O)C1(C)COCC1N. The summed E-state index contributed by atoms with van der Waals surface area (Å²) in [5, 5.41) is 2.66. The minimum absolute atomic E-state index is 0.161. The standard InChI is InChI=1S/C10H18N2O4/c1-10(6-16-5-7(10)11)9(14)12-4-3-8(13)15-2/h7H,3-6,11H2,1-2H3,(H,12,14). The molecule has 6 heteroatoms. The Morgan fingerprint density at radius 1 is 1.62 bits per heavy atom. The first kappa shape index (κ1) is 12.9. The van der Waals surface area contributed by atoms with E-state index < -0.39 is 5.41 Å². The summed E-state index contributed by atoms with van der Waals surface area (Å²) >= 11 is 0. The molecule has 0 spiro atoms. The van der Waals surface area contributed by atoms with Crippen molar-refractivity contribution in [2.75, 3.05) is 26.9 Å². The van der Waals surface area contributed by atoms with Gasteiger partial charge >= 0.3 is 5.97 Å². The molecule has 3 N–H and O–H groups in total. The topological polar surface area (TPSA) is 90.6 Å². The average molecular weight is 230 g/mol. The highest BCUT2D eigenvalue weighted by molar-refractivity contribution is 5.84. The molecule has 1 aliphatic rings. The number of esters is 1. The Kier molecular flexibility index (Phi) is 4.26. The summed E-state index contributed by atoms with van der Waals surface area (Å²) in [5.41, 5.74) is 5.10. The van der Waals surface area contributed by atoms with Crippen LogP contribution in [-0.4, -0.2) is 44.8 Å². The molecular weight excluding hydrogens is 212 g/mol. The highest BCUT2D eigenvalue weighted by Gasteiger charge is 2.44. The molecule has 0 aliphatic carbocycles. The van der Waals surface area contributed by atoms with Gasteiger partial charge in [-0.3, -0.25) is 9.59 Å². The summed E-state index contributed by atoms with van der Waals surface area (Å²) in [4.78, 5) is 22.7. The molecule has 1 fully saturated rings. The predicted molar refractivity (Wildman–Crippen MR) is 56.5 cm³/mol. The Hall–Kier alpha value is -1.14. The van der Waals surface area contributed by atoms with E-state index in [4.69, 9.17) is 10.5 Å². The minimum Gasteiger partial charge on any atom is -0.469 e. The number of nitrogens with two attached hydrogens (primary N) is 1. The molecule has 16 heavy (non-hydrogen) atoms. The molecule has 2 atom stereocenters. The first-order chi connectivity index (χ1) is 7.50. The highest BCUT2D eigenvalue weighted by Crippen LogP contribution is 2.26. The van der Waals surface area contributed by atoms with Gasteiger partial charge in [-0.2, -0.15) is 0 Å². The van der Waals surface area contributed by atoms with Crippen LogP contribution in [0.2, 0.25) is 0 Å². The van der Waals surface area contributed by atoms with Crippen molar-refractivity contribution in [2.24, 2.45) is 11.1 Å². The lowest BCUT2D eigenvalue weighted by Gasteiger charge is -2.25. The van der Waals surface area contributed by atoms with Gasteiger partial charge in [-0.05, 0) is 6.92 Å². The lowest BCUT2D eigenvalue weighted by atomic mass is 9.85. The number of nitrogens with one attached hydrogen (secondary N) is 1. The summed E-state index contributed by atoms with van der Waals surface area (Å²) in [7, 11) is 1.31. The number of methoxy groups -OCH3 is 1. The third kappa shape index (κ3) is 2.70. The van der Waals surface area contributed by atoms with Crippen LogP contribution in [0.5, 0.6) is 0 Å². The molecule has 1 heterocycles. The van der Waals surface area contributed by atoms with Crippen LogP contribution in [-0.2, 0) is 19.1 Å². The molecule has 0 bridgehead atoms. The van der Waals surface area contributed by atoms with Crippen molar-refractivity contribution < 1.29 is 19.1 Å². The van der Waals surface area contributed by atoms with E-state index in [1.54, 1.807) is 6.92 Å². The maximum atomic E-state index is 11.8. The summed E-state index contributed by atoms with van der Waals surface area (Å²) < 4.78 is 9.63. The van der Waals surface area contributed by atoms with Crippen LogP contribution in [0.1, 0.15) is 13.3 Å². The monoisotopic (exact) mass is 230 g/mol. The Morgan fingerprint density at radius 3 is 2.81 bits per heavy atom. The smallest absolute Gasteiger partial charge is 0.307 e. The first-order valence-electron chi connectivity index (χ1n) is 5.19. The van der Waals surface area contributed by atoms with Gasteiger partial charge in [0.15, 0.2) is 0 Å². The summed E-state index contributed by atoms with van der Waals surface area (Å²) in [5.74, 6) is -0.529. The average Bonchev–Trinajstić information content (AvgIpc) is 2.60. The molecule has 1 rings (SSSR count). The zero-order chi connectivity index (χ0) is 12.2. The van der Waals surface area contributed by atoms with E-state index in [2.05, 4.69) is 10.1 Å². The third-order valence-electron chi connectivity index (χ3n) is 2.88. The van der Waals surface area contributed by atoms with Crippen molar-refractivity contribution in [2.45, 2.75) is 19.4 Å². The molecule has 0 aromatic heterocycles. The fraction of sp³-hybridized carbons (Fsp3) is 0.800. The van der Waals surface area contributed by atoms with E-state index in [1.807, 2.05) is 0 Å². The van der Waals surface area contributed by atoms with E-state index in [9.17, 15) is 9.59 Å². The summed E-state index contributed by atoms with van der Waals surface area (Å²) in [6, 6.07) is -0.300. The van der Waals surface area contributed by atoms with E-state index >= 15 is 0 Å². The number of ether oxygens (including phenoxy) is 2. The minimum atomic E-state index is -0.698. The Balaban J connectivity index is 2.37. The highest BCUT2D eigenvalue weighted by atomic mass is 16.5. The number of hydrogen-bond donors (Lipinski definition) is 2. The van der Waals surface area contributed by atoms with Crippen molar-refractivity contribution in [3.05, 3.63) is 0 Å². The van der Waals surface area contributed by atoms with Crippen LogP contribution in [0.3, 0.4) is 0 Å². The quantitative estimate of drug-likeness (QED) is 0.606. The third-order valence-corrected chi connectivity index (χ3v) is 2.88. The van der Waals surface area contributed by atoms with Crippen molar-refractivity contribution in [1.82, 2.24) is 5.32 Å². The molecule has 92 valence electrons. The first-order valence-corrected chi connectivity index (χ1v) is 5.19. The number of rotatable bonds is 4. The van der Waals surface area contributed by atoms with Crippen LogP contribution >= 0.6 is 0 Å². The molecule has 0 saturated carbocycles. The van der Waals surface area contributed by atoms with E-state index in [0.717, 1.165) is 0 Å². The van der Waals surface area contributed by atoms with Crippen LogP contribution < -0.4 is 11.1 Å². The van der Waals surface area contributed by atoms with Crippen LogP contribution in [0, 0.1) is 5.41 Å². The number of carbonyl (C=O) groups is 2. The second-order valence-corrected chi connectivity index (χ2v) is 4.12. The maximum absolute atomic E-state index is 11.8. The van der Waals surface area contributed by atoms with E-state index in [0.29, 0.717) is 13.2 Å². The van der Waals surface area contributed by atoms with Gasteiger partial charge in [-0.25, -0.2) is 0 Å². The van der Waals surface area contributed by atoms with Crippen molar-refractivity contribution in [1.29, 1.82) is 0 Å². The van der Waals surface area contributed by atoms with E-state index in [-0.39, 0.29) is 30.9 Å². The van der Waals surface area contributed by atoms with Gasteiger partial charge in [0.2, 0.25) is 5.91 Å². The molecule has 2 unspecified atom stereocenters. The fourth-order valence-corrected chi connectivity index (χ4v) is 1.50. The van der Waals surface area contributed by atoms with Crippen molar-refractivity contribution in [3.63, 3.8) is 0 Å². The van der Waals surface area contributed by atoms with Crippen LogP contribution in [0.25, 0.3) is 0 Å². The predicted octanol–water partition coefficient (Wildman–Crippen LogP) is -0.970. The van der Waals surface area contributed by atoms with Gasteiger partial charge in [-0.15, -0.1) is 0 Å². The van der Waals surface area contributed by atoms with Crippen LogP contribution in [0.4, 0.5) is 0 Å². The lowest BCUT2D eigenvalue weighted by molar-refractivity contribution is -0.140. The Bertz CT molecular complexity index is 282. The van der Waals surface area contributed by atoms with Gasteiger partial charge in [-0.1, -0.05) is 0 Å². The maximum Gasteiger partial charge on any atom is 0.307 e. The second-order valence-electron chi connectivity index (χ2n) is 4.12. The fourth-order valence-electron chi connectivity index (χ4n) is 1.50. The van der Waals surface area contributed by atoms with Gasteiger partial charge in [0.05, 0.1) is 32.2 Å². The number of amides is 1. The largest absolute Gasteiger partial charge is 0.469 e. The zero-order valence-corrected chi connectivity index (χ0v) is 9.62. The van der Waals surface area contributed by atoms with E-state index in [1.165, 1.54) is 7.11 Å². The van der Waals surface area contributed by atoms with Crippen LogP contribution in [0.15, 0.2) is 0 Å². The molecular formula is C10H18N2O4. The molecule has 1 aliphatic heterocycles. The van der Waals surface area contributed by atoms with Crippen molar-refractivity contribution in [3.8, 4) is 0 Å². The second kappa shape index (κ2) is 5.27. The van der Waals surface area contributed by atoms with Gasteiger partial charge in [0.1, 0.15) is 0 Å². The Labute approximate surface area is 94.5 Å². The number of hydrogen-bond acceptors (Lipinski definition) is 5. The normalized spacial score (nSPS) is 28.8.